The molecule has 0 unspecified atom stereocenters. The first-order chi connectivity index (χ1) is 11.5. The average Bonchev–Trinajstić information content (AvgIpc) is 2.55. The third kappa shape index (κ3) is 3.43. The van der Waals surface area contributed by atoms with Gasteiger partial charge in [-0.05, 0) is 60.4 Å². The lowest BCUT2D eigenvalue weighted by Crippen LogP contribution is -2.08. The van der Waals surface area contributed by atoms with Gasteiger partial charge in [-0.2, -0.15) is 0 Å². The Kier molecular flexibility index (Phi) is 4.84. The van der Waals surface area contributed by atoms with Crippen LogP contribution >= 0.6 is 23.2 Å². The van der Waals surface area contributed by atoms with Crippen molar-refractivity contribution in [2.45, 2.75) is 19.8 Å². The zero-order valence-electron chi connectivity index (χ0n) is 13.7. The van der Waals surface area contributed by atoms with E-state index in [1.807, 2.05) is 31.2 Å². The quantitative estimate of drug-likeness (QED) is 0.428. The van der Waals surface area contributed by atoms with Crippen LogP contribution in [-0.2, 0) is 0 Å². The van der Waals surface area contributed by atoms with Crippen molar-refractivity contribution in [3.8, 4) is 0 Å². The van der Waals surface area contributed by atoms with E-state index in [4.69, 9.17) is 28.9 Å². The molecule has 3 aromatic carbocycles. The van der Waals surface area contributed by atoms with E-state index in [2.05, 4.69) is 43.3 Å². The number of anilines is 1. The van der Waals surface area contributed by atoms with E-state index in [0.717, 1.165) is 38.0 Å². The van der Waals surface area contributed by atoms with Crippen molar-refractivity contribution in [2.75, 3.05) is 5.73 Å². The van der Waals surface area contributed by atoms with E-state index in [1.165, 1.54) is 5.56 Å². The third-order valence-corrected chi connectivity index (χ3v) is 4.78. The summed E-state index contributed by atoms with van der Waals surface area (Å²) in [7, 11) is 0. The smallest absolute Gasteiger partial charge is 0.0406 e. The molecule has 0 heterocycles. The molecule has 0 aromatic heterocycles. The van der Waals surface area contributed by atoms with Gasteiger partial charge in [0, 0.05) is 21.7 Å². The fourth-order valence-electron chi connectivity index (χ4n) is 3.11. The molecule has 0 fully saturated rings. The summed E-state index contributed by atoms with van der Waals surface area (Å²) in [5, 5.41) is 1.45. The van der Waals surface area contributed by atoms with Crippen LogP contribution in [0.2, 0.25) is 10.0 Å². The number of nitrogen functional groups attached to an aromatic ring is 1. The van der Waals surface area contributed by atoms with E-state index >= 15 is 0 Å². The fraction of sp³-hybridized carbons (Fsp3) is 0.143. The molecule has 0 radical (unpaired) electrons. The molecule has 2 N–H and O–H groups in total. The molecule has 0 saturated carbocycles. The normalized spacial score (nSPS) is 11.0. The summed E-state index contributed by atoms with van der Waals surface area (Å²) in [6.07, 6.45) is 0. The fourth-order valence-corrected chi connectivity index (χ4v) is 3.36. The van der Waals surface area contributed by atoms with Gasteiger partial charge in [0.25, 0.3) is 0 Å². The summed E-state index contributed by atoms with van der Waals surface area (Å²) in [5.74, 6) is 0.0399. The van der Waals surface area contributed by atoms with Crippen LogP contribution in [0.3, 0.4) is 0 Å². The topological polar surface area (TPSA) is 26.0 Å². The molecule has 0 aliphatic carbocycles. The van der Waals surface area contributed by atoms with E-state index in [9.17, 15) is 0 Å². The molecule has 3 aromatic rings. The van der Waals surface area contributed by atoms with E-state index in [0.29, 0.717) is 0 Å². The van der Waals surface area contributed by atoms with Gasteiger partial charge in [-0.3, -0.25) is 0 Å². The number of nitrogens with two attached hydrogens (primary N) is 1. The Labute approximate surface area is 153 Å². The molecule has 3 rings (SSSR count). The zero-order chi connectivity index (χ0) is 17.3. The Bertz CT molecular complexity index is 807. The highest BCUT2D eigenvalue weighted by Gasteiger charge is 2.20. The average molecular weight is 356 g/mol. The summed E-state index contributed by atoms with van der Waals surface area (Å²) < 4.78 is 0. The van der Waals surface area contributed by atoms with Crippen LogP contribution < -0.4 is 5.73 Å². The molecular formula is C21H19Cl2N. The molecule has 1 nitrogen and oxygen atoms in total. The first-order valence-electron chi connectivity index (χ1n) is 7.83. The Hall–Kier alpha value is -1.96. The molecule has 0 amide bonds. The van der Waals surface area contributed by atoms with Crippen molar-refractivity contribution in [2.24, 2.45) is 0 Å². The van der Waals surface area contributed by atoms with Crippen LogP contribution in [0.15, 0.2) is 60.7 Å². The van der Waals surface area contributed by atoms with Gasteiger partial charge in [-0.1, -0.05) is 65.2 Å². The molecule has 122 valence electrons. The van der Waals surface area contributed by atoms with Crippen LogP contribution in [0.4, 0.5) is 5.69 Å². The first-order valence-corrected chi connectivity index (χ1v) is 8.59. The largest absolute Gasteiger partial charge is 0.398 e. The van der Waals surface area contributed by atoms with E-state index < -0.39 is 0 Å². The lowest BCUT2D eigenvalue weighted by Gasteiger charge is -2.22. The van der Waals surface area contributed by atoms with E-state index in [1.54, 1.807) is 0 Å². The van der Waals surface area contributed by atoms with Crippen LogP contribution in [0.25, 0.3) is 0 Å². The number of hydrogen-bond donors (Lipinski definition) is 1. The van der Waals surface area contributed by atoms with Crippen molar-refractivity contribution in [1.29, 1.82) is 0 Å². The molecule has 24 heavy (non-hydrogen) atoms. The van der Waals surface area contributed by atoms with Gasteiger partial charge in [-0.25, -0.2) is 0 Å². The molecular weight excluding hydrogens is 337 g/mol. The monoisotopic (exact) mass is 355 g/mol. The van der Waals surface area contributed by atoms with Gasteiger partial charge >= 0.3 is 0 Å². The lowest BCUT2D eigenvalue weighted by atomic mass is 9.83. The van der Waals surface area contributed by atoms with Gasteiger partial charge in [0.15, 0.2) is 0 Å². The van der Waals surface area contributed by atoms with Gasteiger partial charge in [-0.15, -0.1) is 0 Å². The Morgan fingerprint density at radius 3 is 1.67 bits per heavy atom. The highest BCUT2D eigenvalue weighted by atomic mass is 35.5. The van der Waals surface area contributed by atoms with Crippen molar-refractivity contribution in [3.63, 3.8) is 0 Å². The number of rotatable bonds is 3. The number of benzene rings is 3. The lowest BCUT2D eigenvalue weighted by molar-refractivity contribution is 0.975. The minimum Gasteiger partial charge on any atom is -0.398 e. The molecule has 0 bridgehead atoms. The molecule has 0 spiro atoms. The maximum Gasteiger partial charge on any atom is 0.0406 e. The van der Waals surface area contributed by atoms with Gasteiger partial charge in [0.1, 0.15) is 0 Å². The van der Waals surface area contributed by atoms with Crippen molar-refractivity contribution >= 4 is 28.9 Å². The summed E-state index contributed by atoms with van der Waals surface area (Å²) in [6.45, 7) is 4.14. The van der Waals surface area contributed by atoms with Crippen LogP contribution in [0.1, 0.15) is 33.7 Å². The van der Waals surface area contributed by atoms with Gasteiger partial charge in [0.2, 0.25) is 0 Å². The van der Waals surface area contributed by atoms with Crippen LogP contribution in [0.5, 0.6) is 0 Å². The SMILES string of the molecule is Cc1cc(C)c(N)c(C(c2ccc(Cl)cc2)c2ccc(Cl)cc2)c1. The van der Waals surface area contributed by atoms with Crippen molar-refractivity contribution < 1.29 is 0 Å². The second-order valence-electron chi connectivity index (χ2n) is 6.12. The van der Waals surface area contributed by atoms with Gasteiger partial charge < -0.3 is 5.73 Å². The molecule has 0 atom stereocenters. The van der Waals surface area contributed by atoms with Gasteiger partial charge in [0.05, 0.1) is 0 Å². The van der Waals surface area contributed by atoms with Crippen molar-refractivity contribution in [1.82, 2.24) is 0 Å². The maximum atomic E-state index is 6.43. The number of aryl methyl sites for hydroxylation is 2. The summed E-state index contributed by atoms with van der Waals surface area (Å²) >= 11 is 12.1. The predicted octanol–water partition coefficient (Wildman–Crippen LogP) is 6.37. The minimum atomic E-state index is 0.0399. The maximum absolute atomic E-state index is 6.43. The Morgan fingerprint density at radius 1 is 0.750 bits per heavy atom. The van der Waals surface area contributed by atoms with E-state index in [-0.39, 0.29) is 5.92 Å². The molecule has 0 aliphatic heterocycles. The Balaban J connectivity index is 2.22. The minimum absolute atomic E-state index is 0.0399. The standard InChI is InChI=1S/C21H19Cl2N/c1-13-11-14(2)21(24)19(12-13)20(15-3-7-17(22)8-4-15)16-5-9-18(23)10-6-16/h3-12,20H,24H2,1-2H3. The highest BCUT2D eigenvalue weighted by Crippen LogP contribution is 2.37. The predicted molar refractivity (Wildman–Crippen MR) is 104 cm³/mol. The first kappa shape index (κ1) is 16.9. The van der Waals surface area contributed by atoms with Crippen LogP contribution in [-0.4, -0.2) is 0 Å². The number of halogens is 2. The summed E-state index contributed by atoms with van der Waals surface area (Å²) in [4.78, 5) is 0. The highest BCUT2D eigenvalue weighted by molar-refractivity contribution is 6.30. The second kappa shape index (κ2) is 6.88. The zero-order valence-corrected chi connectivity index (χ0v) is 15.2. The van der Waals surface area contributed by atoms with Crippen molar-refractivity contribution in [3.05, 3.63) is 98.5 Å². The summed E-state index contributed by atoms with van der Waals surface area (Å²) in [6, 6.07) is 20.2. The molecule has 0 saturated heterocycles. The Morgan fingerprint density at radius 2 is 1.21 bits per heavy atom. The third-order valence-electron chi connectivity index (χ3n) is 4.28. The van der Waals surface area contributed by atoms with Crippen LogP contribution in [0, 0.1) is 13.8 Å². The summed E-state index contributed by atoms with van der Waals surface area (Å²) in [5.41, 5.74) is 13.0. The molecule has 3 heteroatoms. The number of hydrogen-bond acceptors (Lipinski definition) is 1. The molecule has 0 aliphatic rings. The second-order valence-corrected chi connectivity index (χ2v) is 6.99.